The van der Waals surface area contributed by atoms with Gasteiger partial charge in [-0.15, -0.1) is 0 Å². The molecule has 0 radical (unpaired) electrons. The number of urea groups is 1. The van der Waals surface area contributed by atoms with Crippen LogP contribution >= 0.6 is 0 Å². The SMILES string of the molecule is CCOC(=O)NNC(=O)NC[C@@H]1COc2ccccc2O1. The molecule has 0 aliphatic carbocycles. The van der Waals surface area contributed by atoms with Gasteiger partial charge < -0.3 is 19.5 Å². The van der Waals surface area contributed by atoms with Crippen LogP contribution in [0.25, 0.3) is 0 Å². The van der Waals surface area contributed by atoms with E-state index in [1.807, 2.05) is 18.2 Å². The molecule has 0 unspecified atom stereocenters. The van der Waals surface area contributed by atoms with E-state index in [-0.39, 0.29) is 19.3 Å². The summed E-state index contributed by atoms with van der Waals surface area (Å²) in [5, 5.41) is 2.56. The number of hydrogen-bond acceptors (Lipinski definition) is 5. The van der Waals surface area contributed by atoms with Gasteiger partial charge in [0.05, 0.1) is 13.2 Å². The zero-order valence-electron chi connectivity index (χ0n) is 11.5. The molecule has 1 heterocycles. The average molecular weight is 295 g/mol. The Morgan fingerprint density at radius 2 is 2.05 bits per heavy atom. The molecule has 1 aromatic rings. The summed E-state index contributed by atoms with van der Waals surface area (Å²) in [4.78, 5) is 22.4. The number of fused-ring (bicyclic) bond motifs is 1. The molecule has 3 amide bonds. The van der Waals surface area contributed by atoms with E-state index in [9.17, 15) is 9.59 Å². The topological polar surface area (TPSA) is 97.9 Å². The molecule has 0 saturated carbocycles. The molecule has 8 nitrogen and oxygen atoms in total. The Balaban J connectivity index is 1.70. The second-order valence-corrected chi connectivity index (χ2v) is 4.18. The Morgan fingerprint density at radius 3 is 2.81 bits per heavy atom. The maximum Gasteiger partial charge on any atom is 0.426 e. The smallest absolute Gasteiger partial charge is 0.426 e. The highest BCUT2D eigenvalue weighted by molar-refractivity contribution is 5.77. The van der Waals surface area contributed by atoms with Crippen molar-refractivity contribution in [3.05, 3.63) is 24.3 Å². The molecule has 1 aliphatic rings. The van der Waals surface area contributed by atoms with Gasteiger partial charge in [-0.1, -0.05) is 12.1 Å². The number of benzene rings is 1. The molecule has 2 rings (SSSR count). The van der Waals surface area contributed by atoms with Crippen LogP contribution in [0, 0.1) is 0 Å². The van der Waals surface area contributed by atoms with Gasteiger partial charge in [-0.3, -0.25) is 0 Å². The fourth-order valence-corrected chi connectivity index (χ4v) is 1.69. The zero-order chi connectivity index (χ0) is 15.1. The van der Waals surface area contributed by atoms with E-state index in [1.54, 1.807) is 13.0 Å². The van der Waals surface area contributed by atoms with Crippen LogP contribution < -0.4 is 25.6 Å². The summed E-state index contributed by atoms with van der Waals surface area (Å²) < 4.78 is 15.8. The lowest BCUT2D eigenvalue weighted by molar-refractivity contribution is 0.0915. The van der Waals surface area contributed by atoms with Crippen LogP contribution in [-0.4, -0.2) is 38.0 Å². The van der Waals surface area contributed by atoms with Crippen LogP contribution in [-0.2, 0) is 4.74 Å². The van der Waals surface area contributed by atoms with Crippen LogP contribution in [0.5, 0.6) is 11.5 Å². The average Bonchev–Trinajstić information content (AvgIpc) is 2.51. The lowest BCUT2D eigenvalue weighted by atomic mass is 10.2. The highest BCUT2D eigenvalue weighted by Gasteiger charge is 2.20. The molecule has 0 saturated heterocycles. The number of ether oxygens (including phenoxy) is 3. The molecule has 0 fully saturated rings. The Hall–Kier alpha value is -2.64. The van der Waals surface area contributed by atoms with E-state index >= 15 is 0 Å². The number of amides is 3. The first kappa shape index (κ1) is 14.8. The van der Waals surface area contributed by atoms with Crippen molar-refractivity contribution in [2.45, 2.75) is 13.0 Å². The van der Waals surface area contributed by atoms with Gasteiger partial charge in [0, 0.05) is 0 Å². The van der Waals surface area contributed by atoms with E-state index in [2.05, 4.69) is 20.9 Å². The van der Waals surface area contributed by atoms with Crippen LogP contribution in [0.1, 0.15) is 6.92 Å². The number of carbonyl (C=O) groups is 2. The van der Waals surface area contributed by atoms with Crippen LogP contribution in [0.4, 0.5) is 9.59 Å². The van der Waals surface area contributed by atoms with E-state index < -0.39 is 12.1 Å². The Morgan fingerprint density at radius 1 is 1.29 bits per heavy atom. The number of nitrogens with one attached hydrogen (secondary N) is 3. The van der Waals surface area contributed by atoms with Gasteiger partial charge in [-0.25, -0.2) is 20.4 Å². The van der Waals surface area contributed by atoms with Gasteiger partial charge in [0.2, 0.25) is 0 Å². The molecule has 1 atom stereocenters. The molecule has 114 valence electrons. The summed E-state index contributed by atoms with van der Waals surface area (Å²) in [6.07, 6.45) is -1.02. The summed E-state index contributed by atoms with van der Waals surface area (Å²) in [7, 11) is 0. The minimum absolute atomic E-state index is 0.224. The fourth-order valence-electron chi connectivity index (χ4n) is 1.69. The van der Waals surface area contributed by atoms with Gasteiger partial charge in [0.1, 0.15) is 6.61 Å². The monoisotopic (exact) mass is 295 g/mol. The van der Waals surface area contributed by atoms with Gasteiger partial charge in [-0.05, 0) is 19.1 Å². The molecule has 0 aromatic heterocycles. The lowest BCUT2D eigenvalue weighted by Crippen LogP contribution is -2.50. The van der Waals surface area contributed by atoms with Gasteiger partial charge in [-0.2, -0.15) is 0 Å². The summed E-state index contributed by atoms with van der Waals surface area (Å²) in [5.41, 5.74) is 4.25. The number of carbonyl (C=O) groups excluding carboxylic acids is 2. The molecule has 1 aliphatic heterocycles. The summed E-state index contributed by atoms with van der Waals surface area (Å²) in [5.74, 6) is 1.32. The molecule has 21 heavy (non-hydrogen) atoms. The summed E-state index contributed by atoms with van der Waals surface area (Å²) in [6, 6.07) is 6.74. The Labute approximate surface area is 121 Å². The first-order chi connectivity index (χ1) is 10.2. The van der Waals surface area contributed by atoms with E-state index in [0.29, 0.717) is 18.1 Å². The van der Waals surface area contributed by atoms with Crippen molar-refractivity contribution < 1.29 is 23.8 Å². The summed E-state index contributed by atoms with van der Waals surface area (Å²) >= 11 is 0. The number of para-hydroxylation sites is 2. The second kappa shape index (κ2) is 7.22. The van der Waals surface area contributed by atoms with Crippen molar-refractivity contribution in [3.63, 3.8) is 0 Å². The van der Waals surface area contributed by atoms with Crippen molar-refractivity contribution in [1.82, 2.24) is 16.2 Å². The lowest BCUT2D eigenvalue weighted by Gasteiger charge is -2.26. The van der Waals surface area contributed by atoms with Gasteiger partial charge >= 0.3 is 12.1 Å². The number of rotatable bonds is 3. The molecule has 0 spiro atoms. The van der Waals surface area contributed by atoms with Gasteiger partial charge in [0.25, 0.3) is 0 Å². The standard InChI is InChI=1S/C13H17N3O5/c1-2-19-13(18)16-15-12(17)14-7-9-8-20-10-5-3-4-6-11(10)21-9/h3-6,9H,2,7-8H2,1H3,(H,16,18)(H2,14,15,17)/t9-/m1/s1. The molecular formula is C13H17N3O5. The van der Waals surface area contributed by atoms with E-state index in [0.717, 1.165) is 0 Å². The fraction of sp³-hybridized carbons (Fsp3) is 0.385. The Kier molecular flexibility index (Phi) is 5.08. The van der Waals surface area contributed by atoms with Crippen molar-refractivity contribution in [2.24, 2.45) is 0 Å². The molecule has 0 bridgehead atoms. The maximum atomic E-state index is 11.5. The molecule has 1 aromatic carbocycles. The zero-order valence-corrected chi connectivity index (χ0v) is 11.5. The first-order valence-corrected chi connectivity index (χ1v) is 6.54. The first-order valence-electron chi connectivity index (χ1n) is 6.54. The van der Waals surface area contributed by atoms with Gasteiger partial charge in [0.15, 0.2) is 17.6 Å². The largest absolute Gasteiger partial charge is 0.486 e. The predicted molar refractivity (Wildman–Crippen MR) is 73.0 cm³/mol. The van der Waals surface area contributed by atoms with Crippen molar-refractivity contribution in [2.75, 3.05) is 19.8 Å². The van der Waals surface area contributed by atoms with E-state index in [4.69, 9.17) is 9.47 Å². The van der Waals surface area contributed by atoms with Crippen LogP contribution in [0.3, 0.4) is 0 Å². The highest BCUT2D eigenvalue weighted by Crippen LogP contribution is 2.30. The quantitative estimate of drug-likeness (QED) is 0.716. The second-order valence-electron chi connectivity index (χ2n) is 4.18. The third-order valence-electron chi connectivity index (χ3n) is 2.61. The maximum absolute atomic E-state index is 11.5. The van der Waals surface area contributed by atoms with Crippen molar-refractivity contribution in [1.29, 1.82) is 0 Å². The highest BCUT2D eigenvalue weighted by atomic mass is 16.6. The third-order valence-corrected chi connectivity index (χ3v) is 2.61. The predicted octanol–water partition coefficient (Wildman–Crippen LogP) is 0.787. The van der Waals surface area contributed by atoms with Crippen LogP contribution in [0.15, 0.2) is 24.3 Å². The molecular weight excluding hydrogens is 278 g/mol. The Bertz CT molecular complexity index is 508. The van der Waals surface area contributed by atoms with Crippen molar-refractivity contribution >= 4 is 12.1 Å². The minimum atomic E-state index is -0.723. The summed E-state index contributed by atoms with van der Waals surface area (Å²) in [6.45, 7) is 2.47. The normalized spacial score (nSPS) is 15.8. The third kappa shape index (κ3) is 4.44. The minimum Gasteiger partial charge on any atom is -0.486 e. The molecule has 8 heteroatoms. The van der Waals surface area contributed by atoms with E-state index in [1.165, 1.54) is 0 Å². The molecule has 3 N–H and O–H groups in total. The van der Waals surface area contributed by atoms with Crippen LogP contribution in [0.2, 0.25) is 0 Å². The number of hydrogen-bond donors (Lipinski definition) is 3. The van der Waals surface area contributed by atoms with Crippen molar-refractivity contribution in [3.8, 4) is 11.5 Å². The number of hydrazine groups is 1.